The Morgan fingerprint density at radius 2 is 2.07 bits per heavy atom. The van der Waals surface area contributed by atoms with Gasteiger partial charge in [-0.05, 0) is 55.8 Å². The molecule has 0 spiro atoms. The van der Waals surface area contributed by atoms with Gasteiger partial charge in [0, 0.05) is 18.1 Å². The molecule has 1 heterocycles. The third-order valence-electron chi connectivity index (χ3n) is 7.89. The highest BCUT2D eigenvalue weighted by Gasteiger charge is 2.56. The molecular formula is C21H32O6. The SMILES string of the molecule is CO[C@@H]1OC(=O)[C@H](CC[C@@]2(C)[C@H](C)CC[C@]3(C)C(C(=O)O)=CCC[C@H]23)[C@@H]1O. The molecule has 2 fully saturated rings. The molecule has 7 atom stereocenters. The summed E-state index contributed by atoms with van der Waals surface area (Å²) in [6.07, 6.45) is 4.94. The molecule has 3 rings (SSSR count). The maximum atomic E-state index is 12.2. The summed E-state index contributed by atoms with van der Waals surface area (Å²) in [6, 6.07) is 0. The van der Waals surface area contributed by atoms with Crippen molar-refractivity contribution >= 4 is 11.9 Å². The minimum atomic E-state index is -0.947. The molecule has 0 bridgehead atoms. The van der Waals surface area contributed by atoms with Gasteiger partial charge in [0.2, 0.25) is 6.29 Å². The number of carbonyl (C=O) groups is 2. The zero-order valence-corrected chi connectivity index (χ0v) is 16.7. The van der Waals surface area contributed by atoms with Gasteiger partial charge in [-0.25, -0.2) is 4.79 Å². The number of ether oxygens (including phenoxy) is 2. The van der Waals surface area contributed by atoms with E-state index in [0.29, 0.717) is 17.9 Å². The van der Waals surface area contributed by atoms with Gasteiger partial charge in [-0.15, -0.1) is 0 Å². The van der Waals surface area contributed by atoms with Crippen LogP contribution >= 0.6 is 0 Å². The van der Waals surface area contributed by atoms with Crippen molar-refractivity contribution in [1.82, 2.24) is 0 Å². The number of aliphatic hydroxyl groups excluding tert-OH is 1. The van der Waals surface area contributed by atoms with Crippen molar-refractivity contribution in [3.05, 3.63) is 11.6 Å². The van der Waals surface area contributed by atoms with Crippen molar-refractivity contribution in [1.29, 1.82) is 0 Å². The molecule has 1 saturated heterocycles. The Kier molecular flexibility index (Phi) is 5.43. The smallest absolute Gasteiger partial charge is 0.331 e. The fourth-order valence-corrected chi connectivity index (χ4v) is 5.99. The van der Waals surface area contributed by atoms with Gasteiger partial charge in [0.05, 0.1) is 5.92 Å². The monoisotopic (exact) mass is 380 g/mol. The molecule has 6 nitrogen and oxygen atoms in total. The quantitative estimate of drug-likeness (QED) is 0.712. The third kappa shape index (κ3) is 3.21. The highest BCUT2D eigenvalue weighted by Crippen LogP contribution is 2.62. The lowest BCUT2D eigenvalue weighted by Gasteiger charge is -2.57. The molecule has 0 amide bonds. The molecule has 0 aromatic heterocycles. The maximum absolute atomic E-state index is 12.2. The van der Waals surface area contributed by atoms with Gasteiger partial charge in [-0.1, -0.05) is 26.8 Å². The molecule has 2 N–H and O–H groups in total. The number of esters is 1. The molecule has 2 aliphatic carbocycles. The van der Waals surface area contributed by atoms with Gasteiger partial charge < -0.3 is 19.7 Å². The summed E-state index contributed by atoms with van der Waals surface area (Å²) in [4.78, 5) is 24.0. The van der Waals surface area contributed by atoms with E-state index in [-0.39, 0.29) is 16.7 Å². The number of allylic oxidation sites excluding steroid dienone is 1. The van der Waals surface area contributed by atoms with E-state index in [0.717, 1.165) is 32.1 Å². The number of rotatable bonds is 5. The van der Waals surface area contributed by atoms with Crippen molar-refractivity contribution in [2.24, 2.45) is 28.6 Å². The number of carboxylic acids is 1. The molecule has 0 aromatic carbocycles. The zero-order valence-electron chi connectivity index (χ0n) is 16.7. The van der Waals surface area contributed by atoms with Crippen molar-refractivity contribution < 1.29 is 29.3 Å². The van der Waals surface area contributed by atoms with E-state index >= 15 is 0 Å². The molecule has 0 aromatic rings. The Bertz CT molecular complexity index is 643. The van der Waals surface area contributed by atoms with E-state index in [1.54, 1.807) is 0 Å². The van der Waals surface area contributed by atoms with Crippen LogP contribution in [0.25, 0.3) is 0 Å². The molecule has 1 saturated carbocycles. The molecule has 0 radical (unpaired) electrons. The maximum Gasteiger partial charge on any atom is 0.331 e. The molecule has 152 valence electrons. The second-order valence-electron chi connectivity index (χ2n) is 9.09. The van der Waals surface area contributed by atoms with Gasteiger partial charge >= 0.3 is 11.9 Å². The number of fused-ring (bicyclic) bond motifs is 1. The number of carboxylic acid groups (broad SMARTS) is 1. The first-order valence-electron chi connectivity index (χ1n) is 10.0. The first-order valence-corrected chi connectivity index (χ1v) is 10.0. The molecule has 1 aliphatic heterocycles. The number of carbonyl (C=O) groups excluding carboxylic acids is 1. The largest absolute Gasteiger partial charge is 0.478 e. The Labute approximate surface area is 160 Å². The summed E-state index contributed by atoms with van der Waals surface area (Å²) in [5, 5.41) is 20.1. The molecule has 3 aliphatic rings. The van der Waals surface area contributed by atoms with Crippen LogP contribution in [0, 0.1) is 28.6 Å². The Balaban J connectivity index is 1.82. The van der Waals surface area contributed by atoms with Gasteiger partial charge in [0.25, 0.3) is 0 Å². The second kappa shape index (κ2) is 7.21. The average molecular weight is 380 g/mol. The number of methoxy groups -OCH3 is 1. The van der Waals surface area contributed by atoms with Gasteiger partial charge in [-0.2, -0.15) is 0 Å². The fraction of sp³-hybridized carbons (Fsp3) is 0.810. The van der Waals surface area contributed by atoms with Crippen LogP contribution in [-0.4, -0.2) is 41.7 Å². The van der Waals surface area contributed by atoms with Crippen LogP contribution < -0.4 is 0 Å². The normalized spacial score (nSPS) is 44.4. The number of aliphatic hydroxyl groups is 1. The topological polar surface area (TPSA) is 93.1 Å². The molecular weight excluding hydrogens is 348 g/mol. The Morgan fingerprint density at radius 3 is 2.67 bits per heavy atom. The van der Waals surface area contributed by atoms with Gasteiger partial charge in [0.15, 0.2) is 0 Å². The Hall–Kier alpha value is -1.40. The van der Waals surface area contributed by atoms with Crippen molar-refractivity contribution in [3.8, 4) is 0 Å². The van der Waals surface area contributed by atoms with Gasteiger partial charge in [-0.3, -0.25) is 4.79 Å². The van der Waals surface area contributed by atoms with Crippen LogP contribution in [0.1, 0.15) is 59.3 Å². The van der Waals surface area contributed by atoms with E-state index < -0.39 is 30.3 Å². The highest BCUT2D eigenvalue weighted by molar-refractivity contribution is 5.88. The fourth-order valence-electron chi connectivity index (χ4n) is 5.99. The third-order valence-corrected chi connectivity index (χ3v) is 7.89. The average Bonchev–Trinajstić information content (AvgIpc) is 2.90. The number of cyclic esters (lactones) is 1. The predicted octanol–water partition coefficient (Wildman–Crippen LogP) is 3.14. The number of aliphatic carboxylic acids is 1. The van der Waals surface area contributed by atoms with E-state index in [1.807, 2.05) is 6.08 Å². The summed E-state index contributed by atoms with van der Waals surface area (Å²) < 4.78 is 10.2. The second-order valence-corrected chi connectivity index (χ2v) is 9.09. The van der Waals surface area contributed by atoms with Crippen LogP contribution in [0.15, 0.2) is 11.6 Å². The summed E-state index contributed by atoms with van der Waals surface area (Å²) >= 11 is 0. The van der Waals surface area contributed by atoms with Crippen LogP contribution in [0.5, 0.6) is 0 Å². The van der Waals surface area contributed by atoms with Crippen LogP contribution in [-0.2, 0) is 19.1 Å². The summed E-state index contributed by atoms with van der Waals surface area (Å²) in [7, 11) is 1.42. The lowest BCUT2D eigenvalue weighted by molar-refractivity contribution is -0.166. The zero-order chi connectivity index (χ0) is 20.0. The van der Waals surface area contributed by atoms with Crippen molar-refractivity contribution in [2.75, 3.05) is 7.11 Å². The lowest BCUT2D eigenvalue weighted by Crippen LogP contribution is -2.51. The molecule has 27 heavy (non-hydrogen) atoms. The summed E-state index contributed by atoms with van der Waals surface area (Å²) in [5.74, 6) is -1.12. The summed E-state index contributed by atoms with van der Waals surface area (Å²) in [5.41, 5.74) is 0.124. The number of hydrogen-bond donors (Lipinski definition) is 2. The van der Waals surface area contributed by atoms with Gasteiger partial charge in [0.1, 0.15) is 6.10 Å². The van der Waals surface area contributed by atoms with Crippen molar-refractivity contribution in [2.45, 2.75) is 71.7 Å². The molecule has 0 unspecified atom stereocenters. The van der Waals surface area contributed by atoms with E-state index in [2.05, 4.69) is 20.8 Å². The van der Waals surface area contributed by atoms with Crippen LogP contribution in [0.3, 0.4) is 0 Å². The summed E-state index contributed by atoms with van der Waals surface area (Å²) in [6.45, 7) is 6.57. The standard InChI is InChI=1S/C21H32O6/c1-12-8-10-21(3)14(17(23)24)6-5-7-15(21)20(12,2)11-9-13-16(22)19(26-4)27-18(13)25/h6,12-13,15-16,19,22H,5,7-11H2,1-4H3,(H,23,24)/t12-,13-,15-,16+,19-,20+,21-/m1/s1. The molecule has 6 heteroatoms. The van der Waals surface area contributed by atoms with E-state index in [1.165, 1.54) is 7.11 Å². The van der Waals surface area contributed by atoms with Crippen molar-refractivity contribution in [3.63, 3.8) is 0 Å². The Morgan fingerprint density at radius 1 is 1.37 bits per heavy atom. The first kappa shape index (κ1) is 20.3. The van der Waals surface area contributed by atoms with Crippen LogP contribution in [0.4, 0.5) is 0 Å². The van der Waals surface area contributed by atoms with E-state index in [9.17, 15) is 19.8 Å². The minimum absolute atomic E-state index is 0.0902. The lowest BCUT2D eigenvalue weighted by atomic mass is 9.46. The van der Waals surface area contributed by atoms with Crippen LogP contribution in [0.2, 0.25) is 0 Å². The highest BCUT2D eigenvalue weighted by atomic mass is 16.7. The number of hydrogen-bond acceptors (Lipinski definition) is 5. The first-order chi connectivity index (χ1) is 12.6. The van der Waals surface area contributed by atoms with E-state index in [4.69, 9.17) is 9.47 Å². The predicted molar refractivity (Wildman–Crippen MR) is 98.7 cm³/mol. The minimum Gasteiger partial charge on any atom is -0.478 e.